The van der Waals surface area contributed by atoms with Crippen LogP contribution in [0.5, 0.6) is 0 Å². The number of nitrogens with zero attached hydrogens (tertiary/aromatic N) is 3. The molecule has 1 atom stereocenters. The molecule has 0 aliphatic carbocycles. The minimum atomic E-state index is -3.31. The number of rotatable bonds is 3. The monoisotopic (exact) mass is 318 g/mol. The molecule has 0 radical (unpaired) electrons. The summed E-state index contributed by atoms with van der Waals surface area (Å²) in [5.41, 5.74) is 5.81. The van der Waals surface area contributed by atoms with Crippen molar-refractivity contribution in [1.82, 2.24) is 13.5 Å². The highest BCUT2D eigenvalue weighted by Gasteiger charge is 2.36. The predicted octanol–water partition coefficient (Wildman–Crippen LogP) is 0.318. The van der Waals surface area contributed by atoms with Gasteiger partial charge in [-0.3, -0.25) is 4.90 Å². The zero-order valence-corrected chi connectivity index (χ0v) is 14.4. The molecule has 0 spiro atoms. The van der Waals surface area contributed by atoms with Crippen LogP contribution in [-0.4, -0.2) is 73.3 Å². The third-order valence-corrected chi connectivity index (χ3v) is 6.66. The van der Waals surface area contributed by atoms with Crippen molar-refractivity contribution >= 4 is 10.2 Å². The molecule has 0 aromatic heterocycles. The third-order valence-electron chi connectivity index (χ3n) is 4.65. The summed E-state index contributed by atoms with van der Waals surface area (Å²) in [6.07, 6.45) is 1.96. The summed E-state index contributed by atoms with van der Waals surface area (Å²) in [5.74, 6) is 0.310. The van der Waals surface area contributed by atoms with E-state index in [-0.39, 0.29) is 5.54 Å². The number of hydrogen-bond acceptors (Lipinski definition) is 4. The average molecular weight is 318 g/mol. The van der Waals surface area contributed by atoms with E-state index in [1.807, 2.05) is 0 Å². The van der Waals surface area contributed by atoms with Crippen molar-refractivity contribution in [3.63, 3.8) is 0 Å². The molecule has 2 heterocycles. The Morgan fingerprint density at radius 3 is 2.19 bits per heavy atom. The van der Waals surface area contributed by atoms with Crippen LogP contribution in [0.2, 0.25) is 0 Å². The van der Waals surface area contributed by atoms with Crippen LogP contribution in [0.4, 0.5) is 0 Å². The molecule has 0 aromatic rings. The van der Waals surface area contributed by atoms with Gasteiger partial charge in [-0.15, -0.1) is 0 Å². The van der Waals surface area contributed by atoms with Crippen LogP contribution in [0.1, 0.15) is 33.6 Å². The van der Waals surface area contributed by atoms with Crippen molar-refractivity contribution in [2.45, 2.75) is 39.2 Å². The lowest BCUT2D eigenvalue weighted by molar-refractivity contribution is 0.0887. The van der Waals surface area contributed by atoms with Crippen molar-refractivity contribution in [3.8, 4) is 0 Å². The SMILES string of the molecule is CC(C)(C)N1CCN(S(=O)(=O)N2CCCC(CN)C2)CC1. The molecule has 2 rings (SSSR count). The van der Waals surface area contributed by atoms with Crippen LogP contribution in [0, 0.1) is 5.92 Å². The van der Waals surface area contributed by atoms with E-state index >= 15 is 0 Å². The van der Waals surface area contributed by atoms with Crippen molar-refractivity contribution in [3.05, 3.63) is 0 Å². The van der Waals surface area contributed by atoms with E-state index < -0.39 is 10.2 Å². The first kappa shape index (κ1) is 17.1. The Kier molecular flexibility index (Phi) is 5.31. The van der Waals surface area contributed by atoms with Gasteiger partial charge in [-0.25, -0.2) is 0 Å². The smallest absolute Gasteiger partial charge is 0.282 e. The lowest BCUT2D eigenvalue weighted by Gasteiger charge is -2.43. The third kappa shape index (κ3) is 3.96. The largest absolute Gasteiger partial charge is 0.330 e. The Labute approximate surface area is 129 Å². The van der Waals surface area contributed by atoms with Crippen molar-refractivity contribution in [2.24, 2.45) is 11.7 Å². The molecule has 2 N–H and O–H groups in total. The molecule has 21 heavy (non-hydrogen) atoms. The fourth-order valence-electron chi connectivity index (χ4n) is 3.18. The van der Waals surface area contributed by atoms with Crippen molar-refractivity contribution < 1.29 is 8.42 Å². The maximum atomic E-state index is 12.8. The van der Waals surface area contributed by atoms with Gasteiger partial charge in [0.15, 0.2) is 0 Å². The molecular formula is C14H30N4O2S. The molecule has 0 aromatic carbocycles. The molecule has 1 unspecified atom stereocenters. The van der Waals surface area contributed by atoms with E-state index in [0.717, 1.165) is 25.9 Å². The second kappa shape index (κ2) is 6.50. The first-order chi connectivity index (χ1) is 9.75. The molecule has 2 aliphatic heterocycles. The Hall–Kier alpha value is -0.210. The molecule has 2 fully saturated rings. The van der Waals surface area contributed by atoms with Gasteiger partial charge in [0.25, 0.3) is 10.2 Å². The molecule has 2 aliphatic rings. The van der Waals surface area contributed by atoms with E-state index in [1.54, 1.807) is 8.61 Å². The first-order valence-corrected chi connectivity index (χ1v) is 9.35. The standard InChI is InChI=1S/C14H30N4O2S/c1-14(2,3)16-7-9-17(10-8-16)21(19,20)18-6-4-5-13(11-15)12-18/h13H,4-12,15H2,1-3H3. The minimum Gasteiger partial charge on any atom is -0.330 e. The molecule has 0 bridgehead atoms. The lowest BCUT2D eigenvalue weighted by atomic mass is 10.0. The van der Waals surface area contributed by atoms with E-state index in [0.29, 0.717) is 38.6 Å². The number of piperazine rings is 1. The number of nitrogens with two attached hydrogens (primary N) is 1. The van der Waals surface area contributed by atoms with Crippen LogP contribution in [0.3, 0.4) is 0 Å². The van der Waals surface area contributed by atoms with E-state index in [4.69, 9.17) is 5.73 Å². The van der Waals surface area contributed by atoms with E-state index in [2.05, 4.69) is 25.7 Å². The molecule has 124 valence electrons. The van der Waals surface area contributed by atoms with Crippen LogP contribution in [0.25, 0.3) is 0 Å². The Morgan fingerprint density at radius 1 is 1.05 bits per heavy atom. The van der Waals surface area contributed by atoms with Crippen LogP contribution in [-0.2, 0) is 10.2 Å². The van der Waals surface area contributed by atoms with Gasteiger partial charge in [0.1, 0.15) is 0 Å². The molecule has 0 amide bonds. The molecule has 6 nitrogen and oxygen atoms in total. The lowest BCUT2D eigenvalue weighted by Crippen LogP contribution is -2.58. The van der Waals surface area contributed by atoms with Gasteiger partial charge < -0.3 is 5.73 Å². The van der Waals surface area contributed by atoms with Gasteiger partial charge in [-0.1, -0.05) is 0 Å². The van der Waals surface area contributed by atoms with Crippen LogP contribution in [0.15, 0.2) is 0 Å². The maximum Gasteiger partial charge on any atom is 0.282 e. The number of hydrogen-bond donors (Lipinski definition) is 1. The zero-order valence-electron chi connectivity index (χ0n) is 13.6. The summed E-state index contributed by atoms with van der Waals surface area (Å²) < 4.78 is 28.8. The van der Waals surface area contributed by atoms with Gasteiger partial charge >= 0.3 is 0 Å². The van der Waals surface area contributed by atoms with Gasteiger partial charge in [-0.2, -0.15) is 17.0 Å². The van der Waals surface area contributed by atoms with Gasteiger partial charge in [-0.05, 0) is 46.1 Å². The highest BCUT2D eigenvalue weighted by Crippen LogP contribution is 2.23. The fraction of sp³-hybridized carbons (Fsp3) is 1.00. The summed E-state index contributed by atoms with van der Waals surface area (Å²) in [5, 5.41) is 0. The first-order valence-electron chi connectivity index (χ1n) is 7.95. The topological polar surface area (TPSA) is 69.9 Å². The van der Waals surface area contributed by atoms with Gasteiger partial charge in [0.2, 0.25) is 0 Å². The Morgan fingerprint density at radius 2 is 1.67 bits per heavy atom. The Bertz CT molecular complexity index is 438. The second-order valence-corrected chi connectivity index (χ2v) is 9.10. The summed E-state index contributed by atoms with van der Waals surface area (Å²) in [7, 11) is -3.31. The molecule has 0 saturated carbocycles. The van der Waals surface area contributed by atoms with Crippen molar-refractivity contribution in [1.29, 1.82) is 0 Å². The summed E-state index contributed by atoms with van der Waals surface area (Å²) in [6, 6.07) is 0. The summed E-state index contributed by atoms with van der Waals surface area (Å²) in [6.45, 7) is 11.1. The predicted molar refractivity (Wildman–Crippen MR) is 85.2 cm³/mol. The molecule has 7 heteroatoms. The number of piperidine rings is 1. The van der Waals surface area contributed by atoms with Gasteiger partial charge in [0, 0.05) is 44.8 Å². The zero-order chi connectivity index (χ0) is 15.7. The maximum absolute atomic E-state index is 12.8. The normalized spacial score (nSPS) is 27.9. The highest BCUT2D eigenvalue weighted by molar-refractivity contribution is 7.86. The average Bonchev–Trinajstić information content (AvgIpc) is 2.46. The fourth-order valence-corrected chi connectivity index (χ4v) is 4.89. The Balaban J connectivity index is 1.98. The summed E-state index contributed by atoms with van der Waals surface area (Å²) in [4.78, 5) is 2.35. The molecular weight excluding hydrogens is 288 g/mol. The quantitative estimate of drug-likeness (QED) is 0.813. The van der Waals surface area contributed by atoms with E-state index in [1.165, 1.54) is 0 Å². The molecule has 2 saturated heterocycles. The van der Waals surface area contributed by atoms with Crippen molar-refractivity contribution in [2.75, 3.05) is 45.8 Å². The summed E-state index contributed by atoms with van der Waals surface area (Å²) >= 11 is 0. The highest BCUT2D eigenvalue weighted by atomic mass is 32.2. The minimum absolute atomic E-state index is 0.103. The van der Waals surface area contributed by atoms with Gasteiger partial charge in [0.05, 0.1) is 0 Å². The van der Waals surface area contributed by atoms with E-state index in [9.17, 15) is 8.42 Å². The van der Waals surface area contributed by atoms with Crippen LogP contribution >= 0.6 is 0 Å². The second-order valence-electron chi connectivity index (χ2n) is 7.17. The van der Waals surface area contributed by atoms with Crippen LogP contribution < -0.4 is 5.73 Å².